The maximum Gasteiger partial charge on any atom is 0.247 e. The molecule has 4 heterocycles. The Morgan fingerprint density at radius 3 is 2.55 bits per heavy atom. The first-order valence-corrected chi connectivity index (χ1v) is 11.2. The minimum atomic E-state index is -0.597. The minimum Gasteiger partial charge on any atom is -0.274 e. The van der Waals surface area contributed by atoms with Crippen LogP contribution in [0, 0.1) is 0 Å². The lowest BCUT2D eigenvalue weighted by Crippen LogP contribution is -2.31. The monoisotopic (exact) mass is 452 g/mol. The number of pyridine rings is 1. The number of hydrogen-bond donors (Lipinski definition) is 0. The van der Waals surface area contributed by atoms with Crippen molar-refractivity contribution in [1.29, 1.82) is 0 Å². The van der Waals surface area contributed by atoms with Crippen molar-refractivity contribution < 1.29 is 9.59 Å². The molecule has 33 heavy (non-hydrogen) atoms. The fourth-order valence-electron chi connectivity index (χ4n) is 3.90. The molecular weight excluding hydrogens is 436 g/mol. The molecule has 9 heteroatoms. The van der Waals surface area contributed by atoms with Crippen molar-refractivity contribution in [2.45, 2.75) is 16.8 Å². The van der Waals surface area contributed by atoms with E-state index in [1.807, 2.05) is 42.5 Å². The van der Waals surface area contributed by atoms with Gasteiger partial charge in [-0.3, -0.25) is 14.6 Å². The number of fused-ring (bicyclic) bond motifs is 3. The van der Waals surface area contributed by atoms with Crippen LogP contribution in [0.15, 0.2) is 84.3 Å². The molecule has 3 aromatic heterocycles. The summed E-state index contributed by atoms with van der Waals surface area (Å²) in [5.41, 5.74) is 2.74. The van der Waals surface area contributed by atoms with Gasteiger partial charge in [-0.1, -0.05) is 42.1 Å². The molecule has 0 bridgehead atoms. The van der Waals surface area contributed by atoms with E-state index in [-0.39, 0.29) is 18.2 Å². The van der Waals surface area contributed by atoms with Gasteiger partial charge in [0.15, 0.2) is 16.6 Å². The van der Waals surface area contributed by atoms with Gasteiger partial charge in [-0.05, 0) is 36.4 Å². The summed E-state index contributed by atoms with van der Waals surface area (Å²) >= 11 is 1.24. The van der Waals surface area contributed by atoms with Crippen LogP contribution in [0.25, 0.3) is 27.9 Å². The quantitative estimate of drug-likeness (QED) is 0.303. The predicted molar refractivity (Wildman–Crippen MR) is 125 cm³/mol. The van der Waals surface area contributed by atoms with Crippen LogP contribution in [0.3, 0.4) is 0 Å². The van der Waals surface area contributed by atoms with Gasteiger partial charge in [0.05, 0.1) is 11.2 Å². The average Bonchev–Trinajstić information content (AvgIpc) is 3.42. The lowest BCUT2D eigenvalue weighted by molar-refractivity contribution is -0.121. The second kappa shape index (κ2) is 7.79. The van der Waals surface area contributed by atoms with Crippen LogP contribution in [0.2, 0.25) is 0 Å². The van der Waals surface area contributed by atoms with E-state index in [1.54, 1.807) is 41.2 Å². The molecule has 0 N–H and O–H groups in total. The summed E-state index contributed by atoms with van der Waals surface area (Å²) in [6, 6.07) is 20.4. The Morgan fingerprint density at radius 2 is 1.73 bits per heavy atom. The van der Waals surface area contributed by atoms with Crippen LogP contribution in [0.4, 0.5) is 5.69 Å². The SMILES string of the molecule is O=C1C[C@H](Sc2nc3ccccc3c3nc(-c4cccnc4)nn23)C(=O)N1c1ccccc1. The molecule has 0 saturated carbocycles. The Kier molecular flexibility index (Phi) is 4.62. The van der Waals surface area contributed by atoms with Crippen LogP contribution < -0.4 is 4.90 Å². The number of carbonyl (C=O) groups excluding carboxylic acids is 2. The van der Waals surface area contributed by atoms with Gasteiger partial charge in [0.1, 0.15) is 5.25 Å². The Hall–Kier alpha value is -4.11. The standard InChI is InChI=1S/C24H16N6O2S/c31-20-13-19(23(32)29(20)16-8-2-1-3-9-16)33-24-26-18-11-5-4-10-17(18)22-27-21(28-30(22)24)15-7-6-12-25-14-15/h1-12,14,19H,13H2/t19-/m0/s1. The summed E-state index contributed by atoms with van der Waals surface area (Å²) in [4.78, 5) is 40.7. The van der Waals surface area contributed by atoms with E-state index in [0.29, 0.717) is 22.3 Å². The van der Waals surface area contributed by atoms with Gasteiger partial charge in [-0.2, -0.15) is 4.52 Å². The second-order valence-corrected chi connectivity index (χ2v) is 8.71. The van der Waals surface area contributed by atoms with Gasteiger partial charge in [0, 0.05) is 29.8 Å². The third kappa shape index (κ3) is 3.33. The van der Waals surface area contributed by atoms with Gasteiger partial charge in [-0.15, -0.1) is 5.10 Å². The van der Waals surface area contributed by atoms with E-state index in [4.69, 9.17) is 9.97 Å². The van der Waals surface area contributed by atoms with Crippen molar-refractivity contribution in [2.75, 3.05) is 4.90 Å². The van der Waals surface area contributed by atoms with Crippen LogP contribution in [-0.2, 0) is 9.59 Å². The number of hydrogen-bond acceptors (Lipinski definition) is 7. The summed E-state index contributed by atoms with van der Waals surface area (Å²) in [6.07, 6.45) is 3.49. The highest BCUT2D eigenvalue weighted by atomic mass is 32.2. The van der Waals surface area contributed by atoms with Crippen LogP contribution in [0.5, 0.6) is 0 Å². The van der Waals surface area contributed by atoms with E-state index in [2.05, 4.69) is 10.1 Å². The molecule has 8 nitrogen and oxygen atoms in total. The Balaban J connectivity index is 1.43. The number of para-hydroxylation sites is 2. The van der Waals surface area contributed by atoms with Crippen molar-refractivity contribution in [2.24, 2.45) is 0 Å². The van der Waals surface area contributed by atoms with E-state index in [9.17, 15) is 9.59 Å². The zero-order chi connectivity index (χ0) is 22.4. The highest BCUT2D eigenvalue weighted by Crippen LogP contribution is 2.34. The lowest BCUT2D eigenvalue weighted by Gasteiger charge is -2.14. The summed E-state index contributed by atoms with van der Waals surface area (Å²) in [7, 11) is 0. The summed E-state index contributed by atoms with van der Waals surface area (Å²) < 4.78 is 1.65. The number of benzene rings is 2. The summed E-state index contributed by atoms with van der Waals surface area (Å²) in [5, 5.41) is 5.43. The first-order valence-electron chi connectivity index (χ1n) is 10.3. The van der Waals surface area contributed by atoms with Gasteiger partial charge in [0.2, 0.25) is 11.8 Å². The zero-order valence-corrected chi connectivity index (χ0v) is 18.0. The molecule has 2 aromatic carbocycles. The van der Waals surface area contributed by atoms with Crippen molar-refractivity contribution in [3.8, 4) is 11.4 Å². The highest BCUT2D eigenvalue weighted by Gasteiger charge is 2.41. The van der Waals surface area contributed by atoms with Crippen LogP contribution >= 0.6 is 11.8 Å². The van der Waals surface area contributed by atoms with E-state index in [0.717, 1.165) is 16.5 Å². The smallest absolute Gasteiger partial charge is 0.247 e. The molecule has 5 aromatic rings. The number of aromatic nitrogens is 5. The second-order valence-electron chi connectivity index (χ2n) is 7.54. The topological polar surface area (TPSA) is 93.3 Å². The first kappa shape index (κ1) is 19.6. The Morgan fingerprint density at radius 1 is 0.909 bits per heavy atom. The molecule has 2 amide bonds. The number of rotatable bonds is 4. The van der Waals surface area contributed by atoms with E-state index < -0.39 is 5.25 Å². The number of imide groups is 1. The average molecular weight is 452 g/mol. The lowest BCUT2D eigenvalue weighted by atomic mass is 10.2. The zero-order valence-electron chi connectivity index (χ0n) is 17.2. The predicted octanol–water partition coefficient (Wildman–Crippen LogP) is 3.76. The maximum absolute atomic E-state index is 13.2. The van der Waals surface area contributed by atoms with Crippen molar-refractivity contribution in [3.05, 3.63) is 79.1 Å². The Bertz CT molecular complexity index is 1520. The number of nitrogens with zero attached hydrogens (tertiary/aromatic N) is 6. The Labute approximate surface area is 192 Å². The molecule has 0 spiro atoms. The fraction of sp³-hybridized carbons (Fsp3) is 0.0833. The maximum atomic E-state index is 13.2. The largest absolute Gasteiger partial charge is 0.274 e. The molecule has 1 fully saturated rings. The molecule has 1 aliphatic rings. The first-order chi connectivity index (χ1) is 16.2. The minimum absolute atomic E-state index is 0.0958. The van der Waals surface area contributed by atoms with Gasteiger partial charge < -0.3 is 0 Å². The molecule has 6 rings (SSSR count). The number of thioether (sulfide) groups is 1. The number of carbonyl (C=O) groups is 2. The third-order valence-corrected chi connectivity index (χ3v) is 6.56. The fourth-order valence-corrected chi connectivity index (χ4v) is 4.96. The molecule has 160 valence electrons. The van der Waals surface area contributed by atoms with Crippen molar-refractivity contribution >= 4 is 45.8 Å². The molecule has 1 aliphatic heterocycles. The summed E-state index contributed by atoms with van der Waals surface area (Å²) in [6.45, 7) is 0. The molecule has 1 atom stereocenters. The molecule has 0 unspecified atom stereocenters. The van der Waals surface area contributed by atoms with Crippen LogP contribution in [-0.4, -0.2) is 41.6 Å². The highest BCUT2D eigenvalue weighted by molar-refractivity contribution is 8.00. The normalized spacial score (nSPS) is 16.2. The van der Waals surface area contributed by atoms with Crippen molar-refractivity contribution in [3.63, 3.8) is 0 Å². The summed E-state index contributed by atoms with van der Waals surface area (Å²) in [5.74, 6) is 0.0325. The van der Waals surface area contributed by atoms with Gasteiger partial charge >= 0.3 is 0 Å². The van der Waals surface area contributed by atoms with Gasteiger partial charge in [-0.25, -0.2) is 14.9 Å². The van der Waals surface area contributed by atoms with Gasteiger partial charge in [0.25, 0.3) is 0 Å². The van der Waals surface area contributed by atoms with E-state index >= 15 is 0 Å². The van der Waals surface area contributed by atoms with Crippen molar-refractivity contribution in [1.82, 2.24) is 24.6 Å². The molecule has 1 saturated heterocycles. The molecular formula is C24H16N6O2S. The third-order valence-electron chi connectivity index (χ3n) is 5.44. The van der Waals surface area contributed by atoms with E-state index in [1.165, 1.54) is 16.7 Å². The molecule has 0 aliphatic carbocycles. The molecule has 0 radical (unpaired) electrons. The number of anilines is 1. The van der Waals surface area contributed by atoms with Crippen LogP contribution in [0.1, 0.15) is 6.42 Å². The number of amides is 2.